The van der Waals surface area contributed by atoms with Crippen molar-refractivity contribution < 1.29 is 4.79 Å². The summed E-state index contributed by atoms with van der Waals surface area (Å²) >= 11 is 11.9. The lowest BCUT2D eigenvalue weighted by Gasteiger charge is -2.17. The smallest absolute Gasteiger partial charge is 0.228 e. The highest BCUT2D eigenvalue weighted by Crippen LogP contribution is 2.30. The van der Waals surface area contributed by atoms with Gasteiger partial charge in [0.15, 0.2) is 0 Å². The number of rotatable bonds is 5. The van der Waals surface area contributed by atoms with E-state index in [1.807, 2.05) is 0 Å². The van der Waals surface area contributed by atoms with Gasteiger partial charge in [0.2, 0.25) is 5.91 Å². The van der Waals surface area contributed by atoms with Gasteiger partial charge in [-0.25, -0.2) is 0 Å². The largest absolute Gasteiger partial charge is 0.330 e. The quantitative estimate of drug-likeness (QED) is 0.871. The summed E-state index contributed by atoms with van der Waals surface area (Å²) in [7, 11) is 0. The van der Waals surface area contributed by atoms with Crippen molar-refractivity contribution in [3.8, 4) is 0 Å². The molecule has 0 bridgehead atoms. The zero-order valence-corrected chi connectivity index (χ0v) is 12.1. The van der Waals surface area contributed by atoms with Crippen molar-refractivity contribution >= 4 is 34.8 Å². The van der Waals surface area contributed by atoms with Crippen LogP contribution in [0.15, 0.2) is 18.2 Å². The first-order chi connectivity index (χ1) is 8.45. The fourth-order valence-electron chi connectivity index (χ4n) is 1.71. The van der Waals surface area contributed by atoms with Gasteiger partial charge in [-0.2, -0.15) is 0 Å². The molecule has 0 aliphatic heterocycles. The highest BCUT2D eigenvalue weighted by Gasteiger charge is 2.19. The van der Waals surface area contributed by atoms with E-state index in [0.717, 1.165) is 6.42 Å². The van der Waals surface area contributed by atoms with E-state index >= 15 is 0 Å². The van der Waals surface area contributed by atoms with Gasteiger partial charge in [0.1, 0.15) is 0 Å². The molecule has 1 aromatic carbocycles. The molecule has 0 fully saturated rings. The predicted octanol–water partition coefficient (Wildman–Crippen LogP) is 3.55. The number of amides is 1. The Bertz CT molecular complexity index is 421. The monoisotopic (exact) mass is 288 g/mol. The summed E-state index contributed by atoms with van der Waals surface area (Å²) < 4.78 is 0. The summed E-state index contributed by atoms with van der Waals surface area (Å²) in [5.41, 5.74) is 6.15. The Morgan fingerprint density at radius 2 is 2.06 bits per heavy atom. The molecule has 18 heavy (non-hydrogen) atoms. The number of carbonyl (C=O) groups is 1. The first-order valence-electron chi connectivity index (χ1n) is 5.90. The lowest BCUT2D eigenvalue weighted by Crippen LogP contribution is -2.30. The molecular formula is C13H18Cl2N2O. The van der Waals surface area contributed by atoms with Crippen molar-refractivity contribution in [3.63, 3.8) is 0 Å². The second-order valence-corrected chi connectivity index (χ2v) is 5.44. The summed E-state index contributed by atoms with van der Waals surface area (Å²) in [6.07, 6.45) is 0.751. The lowest BCUT2D eigenvalue weighted by molar-refractivity contribution is -0.120. The van der Waals surface area contributed by atoms with E-state index in [1.54, 1.807) is 18.2 Å². The Hall–Kier alpha value is -0.770. The average Bonchev–Trinajstić information content (AvgIpc) is 2.31. The molecule has 0 aliphatic rings. The number of hydrogen-bond donors (Lipinski definition) is 2. The van der Waals surface area contributed by atoms with E-state index in [1.165, 1.54) is 0 Å². The van der Waals surface area contributed by atoms with E-state index in [9.17, 15) is 4.79 Å². The number of nitrogens with two attached hydrogens (primary N) is 1. The van der Waals surface area contributed by atoms with Crippen LogP contribution in [0.3, 0.4) is 0 Å². The number of halogens is 2. The third-order valence-corrected chi connectivity index (χ3v) is 3.44. The summed E-state index contributed by atoms with van der Waals surface area (Å²) in [5, 5.41) is 3.55. The summed E-state index contributed by atoms with van der Waals surface area (Å²) in [6.45, 7) is 4.44. The SMILES string of the molecule is CC(C)CC(CN)C(=O)Nc1cccc(Cl)c1Cl. The van der Waals surface area contributed by atoms with Gasteiger partial charge in [-0.15, -0.1) is 0 Å². The summed E-state index contributed by atoms with van der Waals surface area (Å²) in [6, 6.07) is 5.13. The zero-order chi connectivity index (χ0) is 13.7. The van der Waals surface area contributed by atoms with Crippen LogP contribution < -0.4 is 11.1 Å². The van der Waals surface area contributed by atoms with Gasteiger partial charge < -0.3 is 11.1 Å². The number of anilines is 1. The molecule has 0 radical (unpaired) electrons. The minimum Gasteiger partial charge on any atom is -0.330 e. The van der Waals surface area contributed by atoms with Gasteiger partial charge >= 0.3 is 0 Å². The Balaban J connectivity index is 2.77. The van der Waals surface area contributed by atoms with Gasteiger partial charge in [-0.05, 0) is 24.5 Å². The van der Waals surface area contributed by atoms with Crippen LogP contribution in [0.2, 0.25) is 10.0 Å². The van der Waals surface area contributed by atoms with Crippen molar-refractivity contribution in [1.29, 1.82) is 0 Å². The van der Waals surface area contributed by atoms with Gasteiger partial charge in [0.25, 0.3) is 0 Å². The van der Waals surface area contributed by atoms with Crippen LogP contribution in [0.5, 0.6) is 0 Å². The number of benzene rings is 1. The van der Waals surface area contributed by atoms with Gasteiger partial charge in [0.05, 0.1) is 21.7 Å². The number of carbonyl (C=O) groups excluding carboxylic acids is 1. The van der Waals surface area contributed by atoms with Crippen molar-refractivity contribution in [3.05, 3.63) is 28.2 Å². The molecule has 0 heterocycles. The molecule has 1 aromatic rings. The van der Waals surface area contributed by atoms with Crippen LogP contribution in [0, 0.1) is 11.8 Å². The molecule has 0 spiro atoms. The molecule has 0 aliphatic carbocycles. The summed E-state index contributed by atoms with van der Waals surface area (Å²) in [4.78, 5) is 12.0. The van der Waals surface area contributed by atoms with Gasteiger partial charge in [-0.3, -0.25) is 4.79 Å². The Kier molecular flexibility index (Phi) is 5.93. The first kappa shape index (κ1) is 15.3. The lowest BCUT2D eigenvalue weighted by atomic mass is 9.96. The fraction of sp³-hybridized carbons (Fsp3) is 0.462. The molecule has 3 N–H and O–H groups in total. The highest BCUT2D eigenvalue weighted by molar-refractivity contribution is 6.43. The molecule has 100 valence electrons. The third kappa shape index (κ3) is 4.16. The fourth-order valence-corrected chi connectivity index (χ4v) is 2.06. The molecule has 1 amide bonds. The van der Waals surface area contributed by atoms with Gasteiger partial charge in [0, 0.05) is 6.54 Å². The van der Waals surface area contributed by atoms with Crippen LogP contribution in [0.4, 0.5) is 5.69 Å². The first-order valence-corrected chi connectivity index (χ1v) is 6.66. The van der Waals surface area contributed by atoms with Gasteiger partial charge in [-0.1, -0.05) is 43.1 Å². The van der Waals surface area contributed by atoms with Crippen molar-refractivity contribution in [2.45, 2.75) is 20.3 Å². The molecule has 0 saturated heterocycles. The van der Waals surface area contributed by atoms with Crippen LogP contribution in [0.25, 0.3) is 0 Å². The van der Waals surface area contributed by atoms with E-state index in [4.69, 9.17) is 28.9 Å². The topological polar surface area (TPSA) is 55.1 Å². The van der Waals surface area contributed by atoms with Crippen LogP contribution >= 0.6 is 23.2 Å². The van der Waals surface area contributed by atoms with Crippen molar-refractivity contribution in [1.82, 2.24) is 0 Å². The number of hydrogen-bond acceptors (Lipinski definition) is 2. The normalized spacial score (nSPS) is 12.6. The maximum Gasteiger partial charge on any atom is 0.228 e. The third-order valence-electron chi connectivity index (χ3n) is 2.62. The van der Waals surface area contributed by atoms with E-state index < -0.39 is 0 Å². The van der Waals surface area contributed by atoms with Crippen LogP contribution in [-0.2, 0) is 4.79 Å². The molecule has 1 unspecified atom stereocenters. The zero-order valence-electron chi connectivity index (χ0n) is 10.5. The molecular weight excluding hydrogens is 271 g/mol. The predicted molar refractivity (Wildman–Crippen MR) is 77.1 cm³/mol. The highest BCUT2D eigenvalue weighted by atomic mass is 35.5. The van der Waals surface area contributed by atoms with E-state index in [0.29, 0.717) is 28.2 Å². The molecule has 1 atom stereocenters. The minimum atomic E-state index is -0.208. The summed E-state index contributed by atoms with van der Waals surface area (Å²) in [5.74, 6) is 0.0922. The molecule has 1 rings (SSSR count). The van der Waals surface area contributed by atoms with Crippen LogP contribution in [-0.4, -0.2) is 12.5 Å². The van der Waals surface area contributed by atoms with E-state index in [-0.39, 0.29) is 11.8 Å². The second kappa shape index (κ2) is 6.98. The minimum absolute atomic E-state index is 0.115. The Morgan fingerprint density at radius 3 is 2.61 bits per heavy atom. The molecule has 0 aromatic heterocycles. The molecule has 5 heteroatoms. The maximum atomic E-state index is 12.0. The Labute approximate surface area is 118 Å². The average molecular weight is 289 g/mol. The Morgan fingerprint density at radius 1 is 1.39 bits per heavy atom. The molecule has 0 saturated carbocycles. The van der Waals surface area contributed by atoms with Crippen molar-refractivity contribution in [2.75, 3.05) is 11.9 Å². The molecule has 3 nitrogen and oxygen atoms in total. The number of nitrogens with one attached hydrogen (secondary N) is 1. The standard InChI is InChI=1S/C13H18Cl2N2O/c1-8(2)6-9(7-16)13(18)17-11-5-3-4-10(14)12(11)15/h3-5,8-9H,6-7,16H2,1-2H3,(H,17,18). The van der Waals surface area contributed by atoms with E-state index in [2.05, 4.69) is 19.2 Å². The van der Waals surface area contributed by atoms with Crippen molar-refractivity contribution in [2.24, 2.45) is 17.6 Å². The maximum absolute atomic E-state index is 12.0. The second-order valence-electron chi connectivity index (χ2n) is 4.65. The van der Waals surface area contributed by atoms with Crippen LogP contribution in [0.1, 0.15) is 20.3 Å².